The van der Waals surface area contributed by atoms with E-state index in [1.54, 1.807) is 42.5 Å². The summed E-state index contributed by atoms with van der Waals surface area (Å²) >= 11 is 1.45. The van der Waals surface area contributed by atoms with Crippen LogP contribution in [0.5, 0.6) is 17.2 Å². The van der Waals surface area contributed by atoms with Gasteiger partial charge in [-0.1, -0.05) is 160 Å². The first kappa shape index (κ1) is 48.8. The Labute approximate surface area is 380 Å². The minimum atomic E-state index is -0.525. The van der Waals surface area contributed by atoms with Crippen LogP contribution in [0.3, 0.4) is 0 Å². The standard InChI is InChI=1S/C55H68O7S/c1-3-5-7-9-11-13-15-17-19-21-39-59-48-31-23-43(24-32-48)25-38-53(56)61-49-35-28-45(29-36-49)54(57)62-50-33-26-44(27-34-50)46-30-37-51-47(41-46)42-52(63-51)55(58)60-40-22-20-18-16-14-12-10-8-6-4-2/h23-38,41-42H,3-22,39-40H2,1-2H3/b38-25+. The third-order valence-electron chi connectivity index (χ3n) is 11.2. The van der Waals surface area contributed by atoms with Gasteiger partial charge in [-0.2, -0.15) is 0 Å². The number of benzene rings is 4. The van der Waals surface area contributed by atoms with Crippen molar-refractivity contribution < 1.29 is 33.3 Å². The fourth-order valence-corrected chi connectivity index (χ4v) is 8.40. The van der Waals surface area contributed by atoms with E-state index in [1.165, 1.54) is 127 Å². The lowest BCUT2D eigenvalue weighted by atomic mass is 10.0. The van der Waals surface area contributed by atoms with E-state index < -0.39 is 11.9 Å². The molecule has 0 radical (unpaired) electrons. The number of esters is 3. The van der Waals surface area contributed by atoms with Crippen molar-refractivity contribution in [3.05, 3.63) is 119 Å². The van der Waals surface area contributed by atoms with Crippen LogP contribution in [0.2, 0.25) is 0 Å². The minimum absolute atomic E-state index is 0.263. The summed E-state index contributed by atoms with van der Waals surface area (Å²) in [5.41, 5.74) is 3.12. The van der Waals surface area contributed by atoms with E-state index in [4.69, 9.17) is 18.9 Å². The van der Waals surface area contributed by atoms with Crippen molar-refractivity contribution in [2.24, 2.45) is 0 Å². The van der Waals surface area contributed by atoms with Crippen molar-refractivity contribution in [1.82, 2.24) is 0 Å². The van der Waals surface area contributed by atoms with Crippen LogP contribution < -0.4 is 14.2 Å². The second-order valence-electron chi connectivity index (χ2n) is 16.5. The summed E-state index contributed by atoms with van der Waals surface area (Å²) < 4.78 is 23.6. The van der Waals surface area contributed by atoms with Crippen molar-refractivity contribution in [2.45, 2.75) is 142 Å². The highest BCUT2D eigenvalue weighted by Crippen LogP contribution is 2.32. The monoisotopic (exact) mass is 872 g/mol. The molecule has 0 aliphatic heterocycles. The molecule has 8 heteroatoms. The molecule has 0 fully saturated rings. The summed E-state index contributed by atoms with van der Waals surface area (Å²) in [5.74, 6) is 0.227. The van der Waals surface area contributed by atoms with Gasteiger partial charge in [-0.05, 0) is 108 Å². The molecule has 63 heavy (non-hydrogen) atoms. The number of carbonyl (C=O) groups is 3. The second-order valence-corrected chi connectivity index (χ2v) is 17.6. The maximum absolute atomic E-state index is 12.9. The van der Waals surface area contributed by atoms with Crippen molar-refractivity contribution >= 4 is 45.4 Å². The Morgan fingerprint density at radius 1 is 0.492 bits per heavy atom. The molecule has 4 aromatic carbocycles. The van der Waals surface area contributed by atoms with Crippen molar-refractivity contribution in [3.63, 3.8) is 0 Å². The number of rotatable bonds is 30. The minimum Gasteiger partial charge on any atom is -0.494 e. The fourth-order valence-electron chi connectivity index (χ4n) is 7.46. The number of thiophene rings is 1. The lowest BCUT2D eigenvalue weighted by Crippen LogP contribution is -2.09. The van der Waals surface area contributed by atoms with Gasteiger partial charge in [0, 0.05) is 10.8 Å². The summed E-state index contributed by atoms with van der Waals surface area (Å²) in [7, 11) is 0. The van der Waals surface area contributed by atoms with E-state index in [9.17, 15) is 14.4 Å². The maximum atomic E-state index is 12.9. The Hall–Kier alpha value is -5.21. The van der Waals surface area contributed by atoms with Gasteiger partial charge in [0.1, 0.15) is 22.1 Å². The van der Waals surface area contributed by atoms with Gasteiger partial charge >= 0.3 is 17.9 Å². The van der Waals surface area contributed by atoms with Crippen molar-refractivity contribution in [3.8, 4) is 28.4 Å². The highest BCUT2D eigenvalue weighted by atomic mass is 32.1. The zero-order valence-corrected chi connectivity index (χ0v) is 38.5. The first-order chi connectivity index (χ1) is 30.9. The third-order valence-corrected chi connectivity index (χ3v) is 12.3. The van der Waals surface area contributed by atoms with Crippen LogP contribution in [0.1, 0.15) is 168 Å². The molecule has 0 bridgehead atoms. The molecule has 0 amide bonds. The number of carbonyl (C=O) groups excluding carboxylic acids is 3. The quantitative estimate of drug-likeness (QED) is 0.0196. The topological polar surface area (TPSA) is 88.1 Å². The zero-order valence-electron chi connectivity index (χ0n) is 37.7. The molecule has 0 unspecified atom stereocenters. The lowest BCUT2D eigenvalue weighted by molar-refractivity contribution is -0.128. The van der Waals surface area contributed by atoms with E-state index >= 15 is 0 Å². The molecule has 0 aliphatic carbocycles. The first-order valence-corrected chi connectivity index (χ1v) is 24.5. The number of ether oxygens (including phenoxy) is 4. The molecule has 7 nitrogen and oxygen atoms in total. The Morgan fingerprint density at radius 2 is 1.00 bits per heavy atom. The normalized spacial score (nSPS) is 11.3. The molecule has 1 aromatic heterocycles. The number of fused-ring (bicyclic) bond motifs is 1. The molecular weight excluding hydrogens is 805 g/mol. The molecule has 0 atom stereocenters. The van der Waals surface area contributed by atoms with E-state index in [1.807, 2.05) is 54.6 Å². The molecule has 0 N–H and O–H groups in total. The highest BCUT2D eigenvalue weighted by Gasteiger charge is 2.14. The number of hydrogen-bond acceptors (Lipinski definition) is 8. The van der Waals surface area contributed by atoms with Crippen LogP contribution in [0, 0.1) is 0 Å². The van der Waals surface area contributed by atoms with E-state index in [0.717, 1.165) is 51.8 Å². The van der Waals surface area contributed by atoms with E-state index in [0.29, 0.717) is 35.2 Å². The highest BCUT2D eigenvalue weighted by molar-refractivity contribution is 7.20. The Balaban J connectivity index is 0.980. The van der Waals surface area contributed by atoms with E-state index in [-0.39, 0.29) is 5.97 Å². The largest absolute Gasteiger partial charge is 0.494 e. The van der Waals surface area contributed by atoms with Crippen LogP contribution in [0.25, 0.3) is 27.3 Å². The summed E-state index contributed by atoms with van der Waals surface area (Å²) in [6.07, 6.45) is 28.4. The van der Waals surface area contributed by atoms with Crippen molar-refractivity contribution in [2.75, 3.05) is 13.2 Å². The van der Waals surface area contributed by atoms with Gasteiger partial charge in [-0.15, -0.1) is 11.3 Å². The Kier molecular flexibility index (Phi) is 22.1. The van der Waals surface area contributed by atoms with E-state index in [2.05, 4.69) is 19.9 Å². The molecule has 0 saturated carbocycles. The van der Waals surface area contributed by atoms with Gasteiger partial charge in [0.25, 0.3) is 0 Å². The average molecular weight is 873 g/mol. The Bertz CT molecular complexity index is 2120. The maximum Gasteiger partial charge on any atom is 0.348 e. The summed E-state index contributed by atoms with van der Waals surface area (Å²) in [6, 6.07) is 29.2. The molecule has 1 heterocycles. The van der Waals surface area contributed by atoms with Gasteiger partial charge in [0.2, 0.25) is 0 Å². The molecule has 336 valence electrons. The van der Waals surface area contributed by atoms with Crippen LogP contribution in [-0.4, -0.2) is 31.1 Å². The molecule has 0 spiro atoms. The van der Waals surface area contributed by atoms with Gasteiger partial charge in [-0.3, -0.25) is 0 Å². The average Bonchev–Trinajstić information content (AvgIpc) is 3.74. The number of hydrogen-bond donors (Lipinski definition) is 0. The van der Waals surface area contributed by atoms with Gasteiger partial charge in [0.15, 0.2) is 0 Å². The number of unbranched alkanes of at least 4 members (excludes halogenated alkanes) is 18. The summed E-state index contributed by atoms with van der Waals surface area (Å²) in [6.45, 7) is 5.67. The smallest absolute Gasteiger partial charge is 0.348 e. The Morgan fingerprint density at radius 3 is 1.60 bits per heavy atom. The molecular formula is C55H68O7S. The van der Waals surface area contributed by atoms with Crippen LogP contribution in [0.15, 0.2) is 103 Å². The fraction of sp³-hybridized carbons (Fsp3) is 0.436. The zero-order chi connectivity index (χ0) is 44.3. The second kappa shape index (κ2) is 28.5. The SMILES string of the molecule is CCCCCCCCCCCCOC(=O)c1cc2cc(-c3ccc(OC(=O)c4ccc(OC(=O)/C=C/c5ccc(OCCCCCCCCCCCC)cc5)cc4)cc3)ccc2s1. The summed E-state index contributed by atoms with van der Waals surface area (Å²) in [5, 5.41) is 0.981. The predicted octanol–water partition coefficient (Wildman–Crippen LogP) is 15.8. The van der Waals surface area contributed by atoms with Crippen LogP contribution in [0.4, 0.5) is 0 Å². The van der Waals surface area contributed by atoms with Gasteiger partial charge < -0.3 is 18.9 Å². The molecule has 0 saturated heterocycles. The lowest BCUT2D eigenvalue weighted by Gasteiger charge is -2.07. The van der Waals surface area contributed by atoms with Crippen LogP contribution in [-0.2, 0) is 9.53 Å². The van der Waals surface area contributed by atoms with Gasteiger partial charge in [-0.25, -0.2) is 14.4 Å². The first-order valence-electron chi connectivity index (χ1n) is 23.7. The van der Waals surface area contributed by atoms with Gasteiger partial charge in [0.05, 0.1) is 18.8 Å². The summed E-state index contributed by atoms with van der Waals surface area (Å²) in [4.78, 5) is 38.8. The predicted molar refractivity (Wildman–Crippen MR) is 259 cm³/mol. The van der Waals surface area contributed by atoms with Crippen molar-refractivity contribution in [1.29, 1.82) is 0 Å². The van der Waals surface area contributed by atoms with Crippen LogP contribution >= 0.6 is 11.3 Å². The molecule has 5 aromatic rings. The third kappa shape index (κ3) is 18.2. The molecule has 0 aliphatic rings. The molecule has 5 rings (SSSR count).